The van der Waals surface area contributed by atoms with E-state index in [1.165, 1.54) is 0 Å². The molecule has 0 aromatic heterocycles. The number of piperidine rings is 1. The van der Waals surface area contributed by atoms with E-state index in [1.807, 2.05) is 19.1 Å². The topological polar surface area (TPSA) is 21.3 Å². The molecule has 0 spiro atoms. The lowest BCUT2D eigenvalue weighted by molar-refractivity contribution is 0.0199. The van der Waals surface area contributed by atoms with E-state index >= 15 is 0 Å². The van der Waals surface area contributed by atoms with Crippen LogP contribution in [0.2, 0.25) is 0 Å². The van der Waals surface area contributed by atoms with E-state index in [2.05, 4.69) is 5.32 Å². The van der Waals surface area contributed by atoms with Gasteiger partial charge in [0.25, 0.3) is 0 Å². The van der Waals surface area contributed by atoms with Crippen molar-refractivity contribution in [3.63, 3.8) is 0 Å². The fourth-order valence-corrected chi connectivity index (χ4v) is 1.94. The zero-order valence-electron chi connectivity index (χ0n) is 9.63. The second-order valence-electron chi connectivity index (χ2n) is 4.36. The Morgan fingerprint density at radius 1 is 1.38 bits per heavy atom. The predicted octanol–water partition coefficient (Wildman–Crippen LogP) is 2.40. The van der Waals surface area contributed by atoms with Crippen LogP contribution in [0.15, 0.2) is 18.2 Å². The molecule has 0 amide bonds. The SMILES string of the molecule is Cc1ccc(COC2CCNCC2)c(F)c1. The molecule has 2 rings (SSSR count). The van der Waals surface area contributed by atoms with Crippen LogP contribution in [0.25, 0.3) is 0 Å². The van der Waals surface area contributed by atoms with Crippen LogP contribution < -0.4 is 5.32 Å². The van der Waals surface area contributed by atoms with Crippen LogP contribution in [-0.2, 0) is 11.3 Å². The van der Waals surface area contributed by atoms with E-state index in [4.69, 9.17) is 4.74 Å². The first-order chi connectivity index (χ1) is 7.75. The lowest BCUT2D eigenvalue weighted by Gasteiger charge is -2.23. The predicted molar refractivity (Wildman–Crippen MR) is 61.8 cm³/mol. The molecule has 88 valence electrons. The molecule has 16 heavy (non-hydrogen) atoms. The fraction of sp³-hybridized carbons (Fsp3) is 0.538. The lowest BCUT2D eigenvalue weighted by Crippen LogP contribution is -2.32. The second kappa shape index (κ2) is 5.41. The normalized spacial score (nSPS) is 17.6. The second-order valence-corrected chi connectivity index (χ2v) is 4.36. The first-order valence-electron chi connectivity index (χ1n) is 5.83. The van der Waals surface area contributed by atoms with Crippen molar-refractivity contribution in [1.29, 1.82) is 0 Å². The highest BCUT2D eigenvalue weighted by Crippen LogP contribution is 2.14. The van der Waals surface area contributed by atoms with E-state index < -0.39 is 0 Å². The van der Waals surface area contributed by atoms with Crippen molar-refractivity contribution < 1.29 is 9.13 Å². The standard InChI is InChI=1S/C13H18FNO/c1-10-2-3-11(13(14)8-10)9-16-12-4-6-15-7-5-12/h2-3,8,12,15H,4-7,9H2,1H3. The van der Waals surface area contributed by atoms with Gasteiger partial charge in [0.1, 0.15) is 5.82 Å². The molecule has 2 nitrogen and oxygen atoms in total. The van der Waals surface area contributed by atoms with E-state index in [0.29, 0.717) is 12.2 Å². The van der Waals surface area contributed by atoms with E-state index in [-0.39, 0.29) is 11.9 Å². The van der Waals surface area contributed by atoms with Crippen molar-refractivity contribution >= 4 is 0 Å². The summed E-state index contributed by atoms with van der Waals surface area (Å²) in [6.07, 6.45) is 2.32. The Morgan fingerprint density at radius 3 is 2.81 bits per heavy atom. The number of halogens is 1. The molecule has 1 aromatic carbocycles. The van der Waals surface area contributed by atoms with Crippen molar-refractivity contribution in [3.8, 4) is 0 Å². The van der Waals surface area contributed by atoms with Crippen LogP contribution in [0, 0.1) is 12.7 Å². The summed E-state index contributed by atoms with van der Waals surface area (Å²) in [7, 11) is 0. The highest BCUT2D eigenvalue weighted by Gasteiger charge is 2.13. The lowest BCUT2D eigenvalue weighted by atomic mass is 10.1. The Balaban J connectivity index is 1.88. The molecule has 0 bridgehead atoms. The molecule has 1 aliphatic heterocycles. The number of hydrogen-bond acceptors (Lipinski definition) is 2. The van der Waals surface area contributed by atoms with Crippen LogP contribution in [0.5, 0.6) is 0 Å². The zero-order chi connectivity index (χ0) is 11.4. The van der Waals surface area contributed by atoms with Gasteiger partial charge in [0, 0.05) is 5.56 Å². The first-order valence-corrected chi connectivity index (χ1v) is 5.83. The number of rotatable bonds is 3. The molecule has 0 aliphatic carbocycles. The molecule has 0 saturated carbocycles. The highest BCUT2D eigenvalue weighted by atomic mass is 19.1. The smallest absolute Gasteiger partial charge is 0.128 e. The van der Waals surface area contributed by atoms with Gasteiger partial charge in [-0.05, 0) is 44.5 Å². The van der Waals surface area contributed by atoms with Gasteiger partial charge in [0.05, 0.1) is 12.7 Å². The van der Waals surface area contributed by atoms with Gasteiger partial charge in [-0.1, -0.05) is 12.1 Å². The summed E-state index contributed by atoms with van der Waals surface area (Å²) < 4.78 is 19.2. The van der Waals surface area contributed by atoms with Crippen LogP contribution in [0.3, 0.4) is 0 Å². The quantitative estimate of drug-likeness (QED) is 0.849. The third-order valence-corrected chi connectivity index (χ3v) is 2.97. The summed E-state index contributed by atoms with van der Waals surface area (Å²) in [5.74, 6) is -0.158. The molecular formula is C13H18FNO. The molecule has 1 heterocycles. The maximum absolute atomic E-state index is 13.5. The Bertz CT molecular complexity index is 348. The summed E-state index contributed by atoms with van der Waals surface area (Å²) in [6.45, 7) is 4.28. The monoisotopic (exact) mass is 223 g/mol. The number of nitrogens with one attached hydrogen (secondary N) is 1. The summed E-state index contributed by atoms with van der Waals surface area (Å²) in [5.41, 5.74) is 1.60. The molecule has 1 aromatic rings. The Labute approximate surface area is 95.8 Å². The average molecular weight is 223 g/mol. The van der Waals surface area contributed by atoms with Crippen molar-refractivity contribution in [2.45, 2.75) is 32.5 Å². The Hall–Kier alpha value is -0.930. The molecule has 0 radical (unpaired) electrons. The fourth-order valence-electron chi connectivity index (χ4n) is 1.94. The van der Waals surface area contributed by atoms with Gasteiger partial charge < -0.3 is 10.1 Å². The van der Waals surface area contributed by atoms with E-state index in [9.17, 15) is 4.39 Å². The molecule has 3 heteroatoms. The minimum Gasteiger partial charge on any atom is -0.373 e. The van der Waals surface area contributed by atoms with Crippen molar-refractivity contribution in [2.75, 3.05) is 13.1 Å². The van der Waals surface area contributed by atoms with Crippen LogP contribution in [0.4, 0.5) is 4.39 Å². The van der Waals surface area contributed by atoms with Gasteiger partial charge in [0.15, 0.2) is 0 Å². The van der Waals surface area contributed by atoms with Gasteiger partial charge in [-0.25, -0.2) is 4.39 Å². The van der Waals surface area contributed by atoms with Gasteiger partial charge in [-0.2, -0.15) is 0 Å². The summed E-state index contributed by atoms with van der Waals surface area (Å²) in [4.78, 5) is 0. The zero-order valence-corrected chi connectivity index (χ0v) is 9.63. The van der Waals surface area contributed by atoms with E-state index in [1.54, 1.807) is 6.07 Å². The summed E-state index contributed by atoms with van der Waals surface area (Å²) in [6, 6.07) is 5.29. The minimum absolute atomic E-state index is 0.158. The van der Waals surface area contributed by atoms with Crippen molar-refractivity contribution in [2.24, 2.45) is 0 Å². The van der Waals surface area contributed by atoms with Gasteiger partial charge >= 0.3 is 0 Å². The summed E-state index contributed by atoms with van der Waals surface area (Å²) >= 11 is 0. The number of aryl methyl sites for hydroxylation is 1. The van der Waals surface area contributed by atoms with Gasteiger partial charge in [-0.15, -0.1) is 0 Å². The maximum Gasteiger partial charge on any atom is 0.128 e. The number of ether oxygens (including phenoxy) is 1. The molecule has 1 N–H and O–H groups in total. The number of hydrogen-bond donors (Lipinski definition) is 1. The third kappa shape index (κ3) is 3.03. The Kier molecular flexibility index (Phi) is 3.91. The maximum atomic E-state index is 13.5. The van der Waals surface area contributed by atoms with Crippen LogP contribution >= 0.6 is 0 Å². The number of benzene rings is 1. The van der Waals surface area contributed by atoms with Crippen LogP contribution in [0.1, 0.15) is 24.0 Å². The van der Waals surface area contributed by atoms with Crippen molar-refractivity contribution in [3.05, 3.63) is 35.1 Å². The van der Waals surface area contributed by atoms with E-state index in [0.717, 1.165) is 31.5 Å². The van der Waals surface area contributed by atoms with Crippen LogP contribution in [-0.4, -0.2) is 19.2 Å². The molecule has 0 atom stereocenters. The third-order valence-electron chi connectivity index (χ3n) is 2.97. The highest BCUT2D eigenvalue weighted by molar-refractivity contribution is 5.22. The molecule has 1 fully saturated rings. The Morgan fingerprint density at radius 2 is 2.12 bits per heavy atom. The van der Waals surface area contributed by atoms with Crippen molar-refractivity contribution in [1.82, 2.24) is 5.32 Å². The first kappa shape index (κ1) is 11.6. The molecular weight excluding hydrogens is 205 g/mol. The molecule has 1 aliphatic rings. The van der Waals surface area contributed by atoms with Gasteiger partial charge in [-0.3, -0.25) is 0 Å². The molecule has 0 unspecified atom stereocenters. The average Bonchev–Trinajstić information content (AvgIpc) is 2.29. The summed E-state index contributed by atoms with van der Waals surface area (Å²) in [5, 5.41) is 3.28. The largest absolute Gasteiger partial charge is 0.373 e. The van der Waals surface area contributed by atoms with Gasteiger partial charge in [0.2, 0.25) is 0 Å². The minimum atomic E-state index is -0.158. The molecule has 1 saturated heterocycles.